The normalized spacial score (nSPS) is 22.8. The van der Waals surface area contributed by atoms with Crippen LogP contribution in [0.5, 0.6) is 0 Å². The van der Waals surface area contributed by atoms with Crippen LogP contribution in [-0.2, 0) is 0 Å². The van der Waals surface area contributed by atoms with E-state index in [-0.39, 0.29) is 6.04 Å². The largest absolute Gasteiger partial charge is 0.385 e. The Morgan fingerprint density at radius 1 is 1.53 bits per heavy atom. The van der Waals surface area contributed by atoms with Gasteiger partial charge in [0.2, 0.25) is 4.73 Å². The molecule has 0 spiro atoms. The first-order valence-electron chi connectivity index (χ1n) is 5.07. The Morgan fingerprint density at radius 2 is 2.35 bits per heavy atom. The molecule has 0 aromatic carbocycles. The topological polar surface area (TPSA) is 63.8 Å². The molecule has 5 nitrogen and oxygen atoms in total. The van der Waals surface area contributed by atoms with E-state index in [1.807, 2.05) is 0 Å². The molecular weight excluding hydrogens is 307 g/mol. The third kappa shape index (κ3) is 1.76. The number of nitrogens with zero attached hydrogens (tertiary/aromatic N) is 4. The lowest BCUT2D eigenvalue weighted by Crippen LogP contribution is -2.09. The van der Waals surface area contributed by atoms with Crippen LogP contribution in [0.4, 0.5) is 0 Å². The van der Waals surface area contributed by atoms with E-state index >= 15 is 0 Å². The predicted molar refractivity (Wildman–Crippen MR) is 64.7 cm³/mol. The highest BCUT2D eigenvalue weighted by Gasteiger charge is 2.35. The van der Waals surface area contributed by atoms with E-state index in [9.17, 15) is 5.11 Å². The van der Waals surface area contributed by atoms with Crippen molar-refractivity contribution < 1.29 is 5.11 Å². The SMILES string of the molecule is OC1CC(c2ncccc2Cl)n2nc(Br)nc21. The summed E-state index contributed by atoms with van der Waals surface area (Å²) in [6.07, 6.45) is 1.55. The quantitative estimate of drug-likeness (QED) is 0.875. The molecule has 2 unspecified atom stereocenters. The maximum Gasteiger partial charge on any atom is 0.217 e. The Balaban J connectivity index is 2.10. The molecule has 2 aromatic heterocycles. The first-order valence-corrected chi connectivity index (χ1v) is 6.24. The number of hydrogen-bond acceptors (Lipinski definition) is 4. The average molecular weight is 316 g/mol. The fourth-order valence-electron chi connectivity index (χ4n) is 2.05. The number of halogens is 2. The highest BCUT2D eigenvalue weighted by atomic mass is 79.9. The molecular formula is C10H8BrClN4O. The van der Waals surface area contributed by atoms with Crippen molar-refractivity contribution in [2.45, 2.75) is 18.6 Å². The second-order valence-electron chi connectivity index (χ2n) is 3.82. The predicted octanol–water partition coefficient (Wildman–Crippen LogP) is 2.12. The fraction of sp³-hybridized carbons (Fsp3) is 0.300. The molecule has 17 heavy (non-hydrogen) atoms. The molecule has 3 rings (SSSR count). The van der Waals surface area contributed by atoms with Crippen LogP contribution in [0.25, 0.3) is 0 Å². The lowest BCUT2D eigenvalue weighted by Gasteiger charge is -2.11. The molecule has 1 aliphatic heterocycles. The van der Waals surface area contributed by atoms with Gasteiger partial charge in [-0.25, -0.2) is 9.67 Å². The van der Waals surface area contributed by atoms with Gasteiger partial charge in [-0.3, -0.25) is 4.98 Å². The van der Waals surface area contributed by atoms with Crippen molar-refractivity contribution in [3.05, 3.63) is 39.6 Å². The summed E-state index contributed by atoms with van der Waals surface area (Å²) in [6, 6.07) is 3.39. The van der Waals surface area contributed by atoms with Gasteiger partial charge in [0.1, 0.15) is 12.1 Å². The minimum Gasteiger partial charge on any atom is -0.385 e. The van der Waals surface area contributed by atoms with E-state index in [0.717, 1.165) is 0 Å². The van der Waals surface area contributed by atoms with Crippen molar-refractivity contribution in [2.24, 2.45) is 0 Å². The molecule has 0 fully saturated rings. The van der Waals surface area contributed by atoms with Gasteiger partial charge in [-0.05, 0) is 28.1 Å². The summed E-state index contributed by atoms with van der Waals surface area (Å²) in [7, 11) is 0. The monoisotopic (exact) mass is 314 g/mol. The maximum atomic E-state index is 9.90. The Bertz CT molecular complexity index is 573. The first-order chi connectivity index (χ1) is 8.16. The summed E-state index contributed by atoms with van der Waals surface area (Å²) in [5.74, 6) is 0.545. The zero-order valence-electron chi connectivity index (χ0n) is 8.59. The second kappa shape index (κ2) is 4.04. The van der Waals surface area contributed by atoms with Crippen LogP contribution in [0, 0.1) is 0 Å². The van der Waals surface area contributed by atoms with Gasteiger partial charge in [-0.15, -0.1) is 5.10 Å². The van der Waals surface area contributed by atoms with E-state index < -0.39 is 6.10 Å². The van der Waals surface area contributed by atoms with E-state index in [4.69, 9.17) is 11.6 Å². The number of pyridine rings is 1. The molecule has 0 bridgehead atoms. The highest BCUT2D eigenvalue weighted by molar-refractivity contribution is 9.10. The molecule has 1 aliphatic rings. The standard InChI is InChI=1S/C10H8BrClN4O/c11-10-14-9-7(17)4-6(16(9)15-10)8-5(12)2-1-3-13-8/h1-3,6-7,17H,4H2. The van der Waals surface area contributed by atoms with Gasteiger partial charge >= 0.3 is 0 Å². The van der Waals surface area contributed by atoms with Gasteiger partial charge in [0, 0.05) is 12.6 Å². The van der Waals surface area contributed by atoms with Gasteiger partial charge in [-0.2, -0.15) is 0 Å². The van der Waals surface area contributed by atoms with E-state index in [1.54, 1.807) is 23.0 Å². The molecule has 2 aromatic rings. The molecule has 88 valence electrons. The van der Waals surface area contributed by atoms with Gasteiger partial charge in [0.15, 0.2) is 5.82 Å². The van der Waals surface area contributed by atoms with E-state index in [0.29, 0.717) is 27.7 Å². The average Bonchev–Trinajstić information content (AvgIpc) is 2.80. The van der Waals surface area contributed by atoms with Crippen LogP contribution in [0.3, 0.4) is 0 Å². The molecule has 0 saturated carbocycles. The van der Waals surface area contributed by atoms with E-state index in [2.05, 4.69) is 31.0 Å². The van der Waals surface area contributed by atoms with Crippen LogP contribution < -0.4 is 0 Å². The number of aromatic nitrogens is 4. The Hall–Kier alpha value is -0.980. The smallest absolute Gasteiger partial charge is 0.217 e. The van der Waals surface area contributed by atoms with Gasteiger partial charge in [-0.1, -0.05) is 11.6 Å². The Kier molecular flexibility index (Phi) is 2.65. The summed E-state index contributed by atoms with van der Waals surface area (Å²) < 4.78 is 2.13. The van der Waals surface area contributed by atoms with Crippen molar-refractivity contribution in [3.63, 3.8) is 0 Å². The van der Waals surface area contributed by atoms with Gasteiger partial charge in [0.05, 0.1) is 10.7 Å². The molecule has 3 heterocycles. The molecule has 1 N–H and O–H groups in total. The fourth-order valence-corrected chi connectivity index (χ4v) is 2.65. The second-order valence-corrected chi connectivity index (χ2v) is 4.94. The van der Waals surface area contributed by atoms with Gasteiger partial charge < -0.3 is 5.11 Å². The lowest BCUT2D eigenvalue weighted by atomic mass is 10.1. The summed E-state index contributed by atoms with van der Waals surface area (Å²) >= 11 is 9.30. The number of aliphatic hydroxyl groups excluding tert-OH is 1. The van der Waals surface area contributed by atoms with Crippen LogP contribution in [0.15, 0.2) is 23.1 Å². The number of fused-ring (bicyclic) bond motifs is 1. The maximum absolute atomic E-state index is 9.90. The molecule has 0 amide bonds. The van der Waals surface area contributed by atoms with E-state index in [1.165, 1.54) is 0 Å². The van der Waals surface area contributed by atoms with Crippen molar-refractivity contribution >= 4 is 27.5 Å². The zero-order valence-corrected chi connectivity index (χ0v) is 10.9. The van der Waals surface area contributed by atoms with Gasteiger partial charge in [0.25, 0.3) is 0 Å². The lowest BCUT2D eigenvalue weighted by molar-refractivity contribution is 0.171. The molecule has 2 atom stereocenters. The minimum absolute atomic E-state index is 0.160. The van der Waals surface area contributed by atoms with Crippen LogP contribution in [0.1, 0.15) is 30.1 Å². The minimum atomic E-state index is -0.628. The van der Waals surface area contributed by atoms with Crippen LogP contribution >= 0.6 is 27.5 Å². The van der Waals surface area contributed by atoms with Crippen molar-refractivity contribution in [3.8, 4) is 0 Å². The molecule has 7 heteroatoms. The highest BCUT2D eigenvalue weighted by Crippen LogP contribution is 2.38. The summed E-state index contributed by atoms with van der Waals surface area (Å²) in [6.45, 7) is 0. The molecule has 0 saturated heterocycles. The van der Waals surface area contributed by atoms with Crippen molar-refractivity contribution in [2.75, 3.05) is 0 Å². The summed E-state index contributed by atoms with van der Waals surface area (Å²) in [5.41, 5.74) is 0.712. The van der Waals surface area contributed by atoms with Crippen LogP contribution in [0.2, 0.25) is 5.02 Å². The Morgan fingerprint density at radius 3 is 3.12 bits per heavy atom. The van der Waals surface area contributed by atoms with Crippen molar-refractivity contribution in [1.82, 2.24) is 19.7 Å². The third-order valence-electron chi connectivity index (χ3n) is 2.77. The first kappa shape index (κ1) is 11.1. The number of aliphatic hydroxyl groups is 1. The molecule has 0 radical (unpaired) electrons. The Labute approximate surface area is 111 Å². The zero-order chi connectivity index (χ0) is 12.0. The number of rotatable bonds is 1. The number of hydrogen-bond donors (Lipinski definition) is 1. The van der Waals surface area contributed by atoms with Crippen molar-refractivity contribution in [1.29, 1.82) is 0 Å². The molecule has 0 aliphatic carbocycles. The van der Waals surface area contributed by atoms with Crippen LogP contribution in [-0.4, -0.2) is 24.9 Å². The summed E-state index contributed by atoms with van der Waals surface area (Å²) in [5, 5.41) is 14.7. The third-order valence-corrected chi connectivity index (χ3v) is 3.43. The summed E-state index contributed by atoms with van der Waals surface area (Å²) in [4.78, 5) is 8.38.